The van der Waals surface area contributed by atoms with Crippen molar-refractivity contribution in [3.8, 4) is 0 Å². The molecule has 0 aliphatic heterocycles. The molecule has 0 saturated heterocycles. The zero-order valence-corrected chi connectivity index (χ0v) is 17.6. The molecule has 1 aromatic carbocycles. The number of hydrogen-bond acceptors (Lipinski definition) is 6. The van der Waals surface area contributed by atoms with Crippen LogP contribution < -0.4 is 16.8 Å². The molecule has 2 aromatic rings. The molecule has 0 fully saturated rings. The Hall–Kier alpha value is -2.60. The summed E-state index contributed by atoms with van der Waals surface area (Å²) >= 11 is 2.35. The van der Waals surface area contributed by atoms with Crippen molar-refractivity contribution in [2.24, 2.45) is 11.5 Å². The maximum absolute atomic E-state index is 13.0. The number of nitrogens with one attached hydrogen (secondary N) is 1. The number of alkyl halides is 3. The molecule has 12 heteroatoms. The minimum absolute atomic E-state index is 0.0945. The Morgan fingerprint density at radius 3 is 2.43 bits per heavy atom. The average Bonchev–Trinajstić information content (AvgIpc) is 3.07. The first-order valence-corrected chi connectivity index (χ1v) is 10.3. The number of nitrogens with two attached hydrogens (primary N) is 2. The van der Waals surface area contributed by atoms with Crippen LogP contribution in [0.15, 0.2) is 34.0 Å². The fraction of sp³-hybridized carbons (Fsp3) is 0.333. The average molecular weight is 461 g/mol. The van der Waals surface area contributed by atoms with E-state index in [4.69, 9.17) is 11.5 Å². The van der Waals surface area contributed by atoms with Crippen molar-refractivity contribution in [3.63, 3.8) is 0 Å². The van der Waals surface area contributed by atoms with Crippen molar-refractivity contribution in [1.29, 1.82) is 0 Å². The van der Waals surface area contributed by atoms with Crippen LogP contribution in [-0.4, -0.2) is 28.0 Å². The van der Waals surface area contributed by atoms with Gasteiger partial charge in [0.1, 0.15) is 5.54 Å². The third-order valence-corrected chi connectivity index (χ3v) is 6.34. The SMILES string of the molecule is CC(Sc1nc(CC(=O)NC(C)(C(N)=O)c2cccc(C(F)(F)F)c2)cs1)C(N)=O. The number of halogens is 3. The Bertz CT molecular complexity index is 964. The number of carbonyl (C=O) groups is 3. The van der Waals surface area contributed by atoms with Gasteiger partial charge in [0.25, 0.3) is 0 Å². The van der Waals surface area contributed by atoms with Gasteiger partial charge in [-0.3, -0.25) is 14.4 Å². The molecule has 7 nitrogen and oxygen atoms in total. The van der Waals surface area contributed by atoms with Crippen LogP contribution in [0.4, 0.5) is 13.2 Å². The molecule has 162 valence electrons. The molecule has 0 spiro atoms. The minimum Gasteiger partial charge on any atom is -0.369 e. The molecule has 0 saturated carbocycles. The number of hydrogen-bond donors (Lipinski definition) is 3. The number of primary amides is 2. The van der Waals surface area contributed by atoms with Gasteiger partial charge in [0, 0.05) is 5.38 Å². The normalized spacial score (nSPS) is 14.6. The van der Waals surface area contributed by atoms with E-state index in [0.717, 1.165) is 30.0 Å². The van der Waals surface area contributed by atoms with Crippen molar-refractivity contribution in [2.75, 3.05) is 0 Å². The highest BCUT2D eigenvalue weighted by molar-refractivity contribution is 8.02. The second kappa shape index (κ2) is 9.04. The molecule has 2 unspecified atom stereocenters. The second-order valence-electron chi connectivity index (χ2n) is 6.56. The number of thioether (sulfide) groups is 1. The lowest BCUT2D eigenvalue weighted by Gasteiger charge is -2.28. The summed E-state index contributed by atoms with van der Waals surface area (Å²) in [6.07, 6.45) is -4.85. The van der Waals surface area contributed by atoms with Crippen LogP contribution >= 0.6 is 23.1 Å². The highest BCUT2D eigenvalue weighted by Gasteiger charge is 2.38. The third kappa shape index (κ3) is 5.72. The maximum atomic E-state index is 13.0. The summed E-state index contributed by atoms with van der Waals surface area (Å²) in [6, 6.07) is 4.04. The smallest absolute Gasteiger partial charge is 0.369 e. The summed E-state index contributed by atoms with van der Waals surface area (Å²) < 4.78 is 39.6. The quantitative estimate of drug-likeness (QED) is 0.520. The fourth-order valence-electron chi connectivity index (χ4n) is 2.40. The number of benzene rings is 1. The van der Waals surface area contributed by atoms with E-state index in [0.29, 0.717) is 10.0 Å². The molecule has 2 atom stereocenters. The van der Waals surface area contributed by atoms with E-state index in [1.165, 1.54) is 24.3 Å². The van der Waals surface area contributed by atoms with Crippen LogP contribution in [0.1, 0.15) is 30.7 Å². The first-order valence-electron chi connectivity index (χ1n) is 8.52. The van der Waals surface area contributed by atoms with Gasteiger partial charge in [-0.2, -0.15) is 13.2 Å². The van der Waals surface area contributed by atoms with Gasteiger partial charge in [0.2, 0.25) is 17.7 Å². The van der Waals surface area contributed by atoms with Crippen LogP contribution in [-0.2, 0) is 32.5 Å². The van der Waals surface area contributed by atoms with Gasteiger partial charge in [0.05, 0.1) is 22.9 Å². The number of nitrogens with zero attached hydrogens (tertiary/aromatic N) is 1. The molecule has 30 heavy (non-hydrogen) atoms. The highest BCUT2D eigenvalue weighted by atomic mass is 32.2. The number of carbonyl (C=O) groups excluding carboxylic acids is 3. The zero-order chi connectivity index (χ0) is 22.7. The number of aromatic nitrogens is 1. The number of rotatable bonds is 8. The Morgan fingerprint density at radius 1 is 1.23 bits per heavy atom. The lowest BCUT2D eigenvalue weighted by Crippen LogP contribution is -2.53. The van der Waals surface area contributed by atoms with Crippen LogP contribution in [0, 0.1) is 0 Å². The third-order valence-electron chi connectivity index (χ3n) is 4.20. The van der Waals surface area contributed by atoms with Crippen molar-refractivity contribution in [1.82, 2.24) is 10.3 Å². The fourth-order valence-corrected chi connectivity index (χ4v) is 4.33. The van der Waals surface area contributed by atoms with E-state index >= 15 is 0 Å². The van der Waals surface area contributed by atoms with Gasteiger partial charge in [-0.05, 0) is 31.5 Å². The Labute approximate surface area is 178 Å². The summed E-state index contributed by atoms with van der Waals surface area (Å²) in [5.74, 6) is -2.17. The Balaban J connectivity index is 2.17. The summed E-state index contributed by atoms with van der Waals surface area (Å²) in [5.41, 5.74) is 8.05. The van der Waals surface area contributed by atoms with Crippen molar-refractivity contribution >= 4 is 40.8 Å². The molecule has 0 aliphatic carbocycles. The highest BCUT2D eigenvalue weighted by Crippen LogP contribution is 2.32. The van der Waals surface area contributed by atoms with Crippen molar-refractivity contribution in [2.45, 2.75) is 41.6 Å². The van der Waals surface area contributed by atoms with Gasteiger partial charge in [-0.1, -0.05) is 23.9 Å². The summed E-state index contributed by atoms with van der Waals surface area (Å²) in [7, 11) is 0. The molecule has 0 bridgehead atoms. The maximum Gasteiger partial charge on any atom is 0.416 e. The zero-order valence-electron chi connectivity index (χ0n) is 15.9. The molecule has 1 aromatic heterocycles. The lowest BCUT2D eigenvalue weighted by atomic mass is 9.89. The molecule has 0 aliphatic rings. The molecule has 1 heterocycles. The van der Waals surface area contributed by atoms with Gasteiger partial charge in [-0.25, -0.2) is 4.98 Å². The van der Waals surface area contributed by atoms with Gasteiger partial charge >= 0.3 is 6.18 Å². The van der Waals surface area contributed by atoms with E-state index in [1.807, 2.05) is 0 Å². The number of thiazole rings is 1. The second-order valence-corrected chi connectivity index (χ2v) is 9.01. The predicted octanol–water partition coefficient (Wildman–Crippen LogP) is 2.19. The molecular formula is C18H19F3N4O3S2. The molecular weight excluding hydrogens is 441 g/mol. The van der Waals surface area contributed by atoms with Gasteiger partial charge in [-0.15, -0.1) is 11.3 Å². The van der Waals surface area contributed by atoms with Crippen LogP contribution in [0.2, 0.25) is 0 Å². The first kappa shape index (κ1) is 23.7. The van der Waals surface area contributed by atoms with E-state index in [9.17, 15) is 27.6 Å². The lowest BCUT2D eigenvalue weighted by molar-refractivity contribution is -0.138. The number of amides is 3. The van der Waals surface area contributed by atoms with E-state index in [2.05, 4.69) is 10.3 Å². The summed E-state index contributed by atoms with van der Waals surface area (Å²) in [5, 5.41) is 3.50. The van der Waals surface area contributed by atoms with Crippen molar-refractivity contribution < 1.29 is 27.6 Å². The standard InChI is InChI=1S/C18H19F3N4O3S2/c1-9(14(22)27)30-16-24-12(8-29-16)7-13(26)25-17(2,15(23)28)10-4-3-5-11(6-10)18(19,20)21/h3-6,8-9H,7H2,1-2H3,(H2,22,27)(H2,23,28)(H,25,26). The molecule has 0 radical (unpaired) electrons. The molecule has 5 N–H and O–H groups in total. The van der Waals surface area contributed by atoms with Gasteiger partial charge in [0.15, 0.2) is 4.34 Å². The van der Waals surface area contributed by atoms with Crippen LogP contribution in [0.5, 0.6) is 0 Å². The Kier molecular flexibility index (Phi) is 7.14. The van der Waals surface area contributed by atoms with E-state index in [1.54, 1.807) is 12.3 Å². The van der Waals surface area contributed by atoms with E-state index in [-0.39, 0.29) is 12.0 Å². The van der Waals surface area contributed by atoms with Crippen LogP contribution in [0.3, 0.4) is 0 Å². The first-order chi connectivity index (χ1) is 13.8. The van der Waals surface area contributed by atoms with Crippen LogP contribution in [0.25, 0.3) is 0 Å². The topological polar surface area (TPSA) is 128 Å². The van der Waals surface area contributed by atoms with Crippen molar-refractivity contribution in [3.05, 3.63) is 46.5 Å². The monoisotopic (exact) mass is 460 g/mol. The van der Waals surface area contributed by atoms with Gasteiger partial charge < -0.3 is 16.8 Å². The summed E-state index contributed by atoms with van der Waals surface area (Å²) in [6.45, 7) is 2.85. The molecule has 2 rings (SSSR count). The largest absolute Gasteiger partial charge is 0.416 e. The summed E-state index contributed by atoms with van der Waals surface area (Å²) in [4.78, 5) is 39.8. The molecule has 3 amide bonds. The Morgan fingerprint density at radius 2 is 1.87 bits per heavy atom. The predicted molar refractivity (Wildman–Crippen MR) is 106 cm³/mol. The minimum atomic E-state index is -4.62. The van der Waals surface area contributed by atoms with E-state index < -0.39 is 40.3 Å².